The van der Waals surface area contributed by atoms with Gasteiger partial charge in [0.25, 0.3) is 5.56 Å². The summed E-state index contributed by atoms with van der Waals surface area (Å²) in [5, 5.41) is 10.0. The standard InChI is InChI=1S/C22H22N4O3S2/c1-3-29-16(27)12-30-22-24-23-21-25(14-9-5-4-6-10-14)19(28)18-17-13(2)8-7-11-15(17)31-20(18)26(21)22/h4-6,9-10,13H,3,7-8,11-12H2,1-2H3/t13-/m0/s1. The van der Waals surface area contributed by atoms with E-state index in [0.29, 0.717) is 23.5 Å². The van der Waals surface area contributed by atoms with Crippen LogP contribution in [0.1, 0.15) is 43.0 Å². The summed E-state index contributed by atoms with van der Waals surface area (Å²) in [5.74, 6) is 0.638. The van der Waals surface area contributed by atoms with Gasteiger partial charge in [-0.25, -0.2) is 8.97 Å². The molecule has 0 spiro atoms. The smallest absolute Gasteiger partial charge is 0.316 e. The molecule has 0 radical (unpaired) electrons. The van der Waals surface area contributed by atoms with E-state index in [-0.39, 0.29) is 17.3 Å². The van der Waals surface area contributed by atoms with Gasteiger partial charge in [0, 0.05) is 4.88 Å². The maximum atomic E-state index is 13.8. The summed E-state index contributed by atoms with van der Waals surface area (Å²) in [6, 6.07) is 9.52. The molecule has 1 atom stereocenters. The number of para-hydroxylation sites is 1. The van der Waals surface area contributed by atoms with E-state index in [1.807, 2.05) is 34.7 Å². The summed E-state index contributed by atoms with van der Waals surface area (Å²) < 4.78 is 8.63. The minimum Gasteiger partial charge on any atom is -0.465 e. The molecule has 160 valence electrons. The number of thiophene rings is 1. The average Bonchev–Trinajstić information content (AvgIpc) is 3.36. The molecule has 0 aliphatic heterocycles. The van der Waals surface area contributed by atoms with E-state index in [9.17, 15) is 9.59 Å². The van der Waals surface area contributed by atoms with Crippen molar-refractivity contribution in [3.05, 3.63) is 51.1 Å². The maximum Gasteiger partial charge on any atom is 0.316 e. The largest absolute Gasteiger partial charge is 0.465 e. The highest BCUT2D eigenvalue weighted by Gasteiger charge is 2.28. The molecule has 3 aromatic heterocycles. The molecule has 0 saturated heterocycles. The molecule has 31 heavy (non-hydrogen) atoms. The van der Waals surface area contributed by atoms with Crippen molar-refractivity contribution in [1.82, 2.24) is 19.2 Å². The van der Waals surface area contributed by atoms with Crippen LogP contribution in [-0.2, 0) is 16.0 Å². The Morgan fingerprint density at radius 1 is 1.29 bits per heavy atom. The monoisotopic (exact) mass is 454 g/mol. The number of benzene rings is 1. The quantitative estimate of drug-likeness (QED) is 0.332. The van der Waals surface area contributed by atoms with Crippen molar-refractivity contribution in [2.24, 2.45) is 0 Å². The highest BCUT2D eigenvalue weighted by molar-refractivity contribution is 7.99. The topological polar surface area (TPSA) is 78.5 Å². The molecule has 5 rings (SSSR count). The average molecular weight is 455 g/mol. The first kappa shape index (κ1) is 20.3. The fourth-order valence-electron chi connectivity index (χ4n) is 4.28. The minimum absolute atomic E-state index is 0.0608. The zero-order chi connectivity index (χ0) is 21.5. The van der Waals surface area contributed by atoms with Gasteiger partial charge in [-0.15, -0.1) is 21.5 Å². The summed E-state index contributed by atoms with van der Waals surface area (Å²) in [7, 11) is 0. The normalized spacial score (nSPS) is 16.0. The van der Waals surface area contributed by atoms with Crippen molar-refractivity contribution in [2.75, 3.05) is 12.4 Å². The third kappa shape index (κ3) is 3.36. The van der Waals surface area contributed by atoms with Crippen LogP contribution in [0.15, 0.2) is 40.3 Å². The first-order valence-electron chi connectivity index (χ1n) is 10.4. The van der Waals surface area contributed by atoms with Crippen LogP contribution in [0, 0.1) is 0 Å². The van der Waals surface area contributed by atoms with Crippen LogP contribution in [0.4, 0.5) is 0 Å². The molecule has 0 amide bonds. The second-order valence-corrected chi connectivity index (χ2v) is 9.63. The number of fused-ring (bicyclic) bond motifs is 5. The molecule has 0 unspecified atom stereocenters. The Morgan fingerprint density at radius 3 is 2.87 bits per heavy atom. The first-order chi connectivity index (χ1) is 15.1. The molecule has 0 bridgehead atoms. The van der Waals surface area contributed by atoms with Crippen LogP contribution in [0.25, 0.3) is 21.7 Å². The maximum absolute atomic E-state index is 13.8. The fourth-order valence-corrected chi connectivity index (χ4v) is 6.52. The van der Waals surface area contributed by atoms with Crippen molar-refractivity contribution in [3.8, 4) is 5.69 Å². The highest BCUT2D eigenvalue weighted by atomic mass is 32.2. The summed E-state index contributed by atoms with van der Waals surface area (Å²) in [6.45, 7) is 4.32. The molecule has 1 aliphatic carbocycles. The Bertz CT molecular complexity index is 1340. The number of hydrogen-bond donors (Lipinski definition) is 0. The van der Waals surface area contributed by atoms with E-state index < -0.39 is 0 Å². The van der Waals surface area contributed by atoms with Crippen molar-refractivity contribution < 1.29 is 9.53 Å². The van der Waals surface area contributed by atoms with Crippen LogP contribution in [-0.4, -0.2) is 37.5 Å². The van der Waals surface area contributed by atoms with Gasteiger partial charge in [-0.1, -0.05) is 36.9 Å². The summed E-state index contributed by atoms with van der Waals surface area (Å²) in [6.07, 6.45) is 3.19. The van der Waals surface area contributed by atoms with Crippen molar-refractivity contribution in [3.63, 3.8) is 0 Å². The Morgan fingerprint density at radius 2 is 2.10 bits per heavy atom. The lowest BCUT2D eigenvalue weighted by Crippen LogP contribution is -2.22. The number of carbonyl (C=O) groups is 1. The van der Waals surface area contributed by atoms with Crippen LogP contribution >= 0.6 is 23.1 Å². The summed E-state index contributed by atoms with van der Waals surface area (Å²) in [4.78, 5) is 27.9. The predicted octanol–water partition coefficient (Wildman–Crippen LogP) is 4.19. The van der Waals surface area contributed by atoms with E-state index >= 15 is 0 Å². The van der Waals surface area contributed by atoms with Crippen molar-refractivity contribution >= 4 is 45.1 Å². The summed E-state index contributed by atoms with van der Waals surface area (Å²) >= 11 is 2.94. The molecular formula is C22H22N4O3S2. The van der Waals surface area contributed by atoms with Gasteiger partial charge in [0.15, 0.2) is 5.16 Å². The Labute approximate surface area is 187 Å². The lowest BCUT2D eigenvalue weighted by atomic mass is 9.88. The number of nitrogens with zero attached hydrogens (tertiary/aromatic N) is 4. The van der Waals surface area contributed by atoms with E-state index in [1.54, 1.807) is 22.8 Å². The van der Waals surface area contributed by atoms with Gasteiger partial charge in [-0.3, -0.25) is 9.59 Å². The van der Waals surface area contributed by atoms with E-state index in [1.165, 1.54) is 16.6 Å². The van der Waals surface area contributed by atoms with Gasteiger partial charge in [-0.05, 0) is 49.8 Å². The van der Waals surface area contributed by atoms with E-state index in [4.69, 9.17) is 4.74 Å². The van der Waals surface area contributed by atoms with Gasteiger partial charge in [0.05, 0.1) is 23.4 Å². The molecule has 1 aliphatic rings. The van der Waals surface area contributed by atoms with Crippen LogP contribution in [0.5, 0.6) is 0 Å². The van der Waals surface area contributed by atoms with Crippen LogP contribution in [0.2, 0.25) is 0 Å². The Kier molecular flexibility index (Phi) is 5.31. The number of thioether (sulfide) groups is 1. The van der Waals surface area contributed by atoms with Crippen molar-refractivity contribution in [2.45, 2.75) is 44.2 Å². The number of esters is 1. The number of hydrogen-bond acceptors (Lipinski definition) is 7. The first-order valence-corrected chi connectivity index (χ1v) is 12.2. The molecular weight excluding hydrogens is 432 g/mol. The Balaban J connectivity index is 1.80. The molecule has 0 fully saturated rings. The second kappa shape index (κ2) is 8.12. The molecule has 9 heteroatoms. The number of ether oxygens (including phenoxy) is 1. The molecule has 1 aromatic carbocycles. The third-order valence-electron chi connectivity index (χ3n) is 5.61. The zero-order valence-corrected chi connectivity index (χ0v) is 19.0. The number of carbonyl (C=O) groups excluding carboxylic acids is 1. The van der Waals surface area contributed by atoms with E-state index in [0.717, 1.165) is 40.7 Å². The van der Waals surface area contributed by atoms with E-state index in [2.05, 4.69) is 17.1 Å². The lowest BCUT2D eigenvalue weighted by Gasteiger charge is -2.18. The molecule has 0 saturated carbocycles. The van der Waals surface area contributed by atoms with Gasteiger partial charge in [-0.2, -0.15) is 0 Å². The predicted molar refractivity (Wildman–Crippen MR) is 123 cm³/mol. The van der Waals surface area contributed by atoms with Crippen LogP contribution < -0.4 is 5.56 Å². The highest BCUT2D eigenvalue weighted by Crippen LogP contribution is 2.41. The SMILES string of the molecule is CCOC(=O)CSc1nnc2n(-c3ccccc3)c(=O)c3c4c(sc3n12)CCC[C@@H]4C. The summed E-state index contributed by atoms with van der Waals surface area (Å²) in [5.41, 5.74) is 1.85. The van der Waals surface area contributed by atoms with Gasteiger partial charge < -0.3 is 4.74 Å². The minimum atomic E-state index is -0.295. The van der Waals surface area contributed by atoms with Gasteiger partial charge in [0.2, 0.25) is 5.78 Å². The lowest BCUT2D eigenvalue weighted by molar-refractivity contribution is -0.139. The number of rotatable bonds is 5. The van der Waals surface area contributed by atoms with Gasteiger partial charge >= 0.3 is 5.97 Å². The molecule has 4 aromatic rings. The van der Waals surface area contributed by atoms with Crippen molar-refractivity contribution in [1.29, 1.82) is 0 Å². The molecule has 7 nitrogen and oxygen atoms in total. The number of aromatic nitrogens is 4. The second-order valence-electron chi connectivity index (χ2n) is 7.60. The zero-order valence-electron chi connectivity index (χ0n) is 17.3. The third-order valence-corrected chi connectivity index (χ3v) is 7.77. The molecule has 3 heterocycles. The van der Waals surface area contributed by atoms with Gasteiger partial charge in [0.1, 0.15) is 4.83 Å². The number of aryl methyl sites for hydroxylation is 1. The van der Waals surface area contributed by atoms with Crippen LogP contribution in [0.3, 0.4) is 0 Å². The Hall–Kier alpha value is -2.65. The molecule has 0 N–H and O–H groups in total. The fraction of sp³-hybridized carbons (Fsp3) is 0.364.